The van der Waals surface area contributed by atoms with Crippen LogP contribution < -0.4 is 25.5 Å². The number of rotatable bonds is 4. The van der Waals surface area contributed by atoms with Crippen molar-refractivity contribution in [1.29, 1.82) is 0 Å². The number of aryl methyl sites for hydroxylation is 1. The highest BCUT2D eigenvalue weighted by Crippen LogP contribution is 2.35. The quantitative estimate of drug-likeness (QED) is 0.565. The first-order valence-electron chi connectivity index (χ1n) is 9.35. The van der Waals surface area contributed by atoms with Crippen LogP contribution in [0.5, 0.6) is 11.5 Å². The number of ether oxygens (including phenoxy) is 2. The smallest absolute Gasteiger partial charge is 0.201 e. The minimum atomic E-state index is -0.0659. The Kier molecular flexibility index (Phi) is 4.34. The van der Waals surface area contributed by atoms with E-state index in [0.717, 1.165) is 29.8 Å². The molecule has 0 bridgehead atoms. The topological polar surface area (TPSA) is 69.7 Å². The number of fused-ring (bicyclic) bond motifs is 2. The van der Waals surface area contributed by atoms with Crippen molar-refractivity contribution < 1.29 is 9.47 Å². The molecule has 0 saturated carbocycles. The third-order valence-corrected chi connectivity index (χ3v) is 5.47. The molecule has 142 valence electrons. The monoisotopic (exact) mass is 367 g/mol. The zero-order chi connectivity index (χ0) is 19.1. The largest absolute Gasteiger partial charge is 0.497 e. The molecular formula is C21H25N3O3. The van der Waals surface area contributed by atoms with E-state index in [0.29, 0.717) is 34.5 Å². The number of anilines is 2. The molecule has 0 aliphatic carbocycles. The summed E-state index contributed by atoms with van der Waals surface area (Å²) in [6, 6.07) is 7.53. The molecule has 1 aliphatic rings. The first-order valence-corrected chi connectivity index (χ1v) is 9.35. The van der Waals surface area contributed by atoms with Crippen LogP contribution in [0.4, 0.5) is 11.4 Å². The van der Waals surface area contributed by atoms with Crippen LogP contribution in [-0.2, 0) is 6.54 Å². The maximum Gasteiger partial charge on any atom is 0.201 e. The van der Waals surface area contributed by atoms with Crippen molar-refractivity contribution in [1.82, 2.24) is 4.57 Å². The molecule has 1 aliphatic heterocycles. The molecule has 1 saturated heterocycles. The summed E-state index contributed by atoms with van der Waals surface area (Å²) < 4.78 is 13.1. The number of nitrogens with two attached hydrogens (primary N) is 1. The third kappa shape index (κ3) is 2.67. The van der Waals surface area contributed by atoms with Gasteiger partial charge < -0.3 is 24.7 Å². The maximum absolute atomic E-state index is 13.3. The van der Waals surface area contributed by atoms with Gasteiger partial charge in [-0.25, -0.2) is 0 Å². The molecule has 27 heavy (non-hydrogen) atoms. The molecule has 6 heteroatoms. The molecule has 0 unspecified atom stereocenters. The molecule has 1 fully saturated rings. The SMILES string of the molecule is CCn1c2cc(N3CCCC3)c(N)cc2c(=O)c2c(OC)cc(OC)cc21. The van der Waals surface area contributed by atoms with Crippen LogP contribution in [-0.4, -0.2) is 31.9 Å². The van der Waals surface area contributed by atoms with Gasteiger partial charge in [0.1, 0.15) is 11.5 Å². The van der Waals surface area contributed by atoms with Crippen molar-refractivity contribution in [3.05, 3.63) is 34.5 Å². The Morgan fingerprint density at radius 3 is 2.41 bits per heavy atom. The molecule has 3 aromatic rings. The summed E-state index contributed by atoms with van der Waals surface area (Å²) in [6.45, 7) is 4.79. The van der Waals surface area contributed by atoms with Gasteiger partial charge in [0.25, 0.3) is 0 Å². The highest BCUT2D eigenvalue weighted by atomic mass is 16.5. The molecule has 1 aromatic heterocycles. The highest BCUT2D eigenvalue weighted by Gasteiger charge is 2.20. The van der Waals surface area contributed by atoms with E-state index in [-0.39, 0.29) is 5.43 Å². The van der Waals surface area contributed by atoms with Gasteiger partial charge >= 0.3 is 0 Å². The lowest BCUT2D eigenvalue weighted by Crippen LogP contribution is -2.20. The van der Waals surface area contributed by atoms with E-state index in [1.54, 1.807) is 20.3 Å². The van der Waals surface area contributed by atoms with Gasteiger partial charge in [0.15, 0.2) is 0 Å². The van der Waals surface area contributed by atoms with Crippen molar-refractivity contribution in [2.75, 3.05) is 37.9 Å². The highest BCUT2D eigenvalue weighted by molar-refractivity contribution is 6.00. The van der Waals surface area contributed by atoms with Crippen molar-refractivity contribution in [2.45, 2.75) is 26.3 Å². The number of hydrogen-bond donors (Lipinski definition) is 1. The lowest BCUT2D eigenvalue weighted by molar-refractivity contribution is 0.397. The Labute approximate surface area is 158 Å². The Balaban J connectivity index is 2.13. The summed E-state index contributed by atoms with van der Waals surface area (Å²) in [6.07, 6.45) is 2.34. The molecule has 2 aromatic carbocycles. The lowest BCUT2D eigenvalue weighted by Gasteiger charge is -2.22. The summed E-state index contributed by atoms with van der Waals surface area (Å²) in [5.74, 6) is 1.18. The Morgan fingerprint density at radius 1 is 1.04 bits per heavy atom. The predicted molar refractivity (Wildman–Crippen MR) is 110 cm³/mol. The van der Waals surface area contributed by atoms with Crippen molar-refractivity contribution >= 4 is 33.2 Å². The lowest BCUT2D eigenvalue weighted by atomic mass is 10.1. The fourth-order valence-electron chi connectivity index (χ4n) is 4.13. The Bertz CT molecular complexity index is 1080. The van der Waals surface area contributed by atoms with Crippen LogP contribution in [0.25, 0.3) is 21.8 Å². The number of aromatic nitrogens is 1. The van der Waals surface area contributed by atoms with Crippen LogP contribution >= 0.6 is 0 Å². The number of nitrogens with zero attached hydrogens (tertiary/aromatic N) is 2. The number of benzene rings is 2. The zero-order valence-corrected chi connectivity index (χ0v) is 16.0. The van der Waals surface area contributed by atoms with Gasteiger partial charge in [-0.15, -0.1) is 0 Å². The first-order chi connectivity index (χ1) is 13.1. The van der Waals surface area contributed by atoms with Gasteiger partial charge in [-0.3, -0.25) is 4.79 Å². The minimum Gasteiger partial charge on any atom is -0.497 e. The molecule has 0 amide bonds. The molecular weight excluding hydrogens is 342 g/mol. The van der Waals surface area contributed by atoms with E-state index < -0.39 is 0 Å². The van der Waals surface area contributed by atoms with Crippen LogP contribution in [0.1, 0.15) is 19.8 Å². The van der Waals surface area contributed by atoms with Crippen LogP contribution in [0.3, 0.4) is 0 Å². The van der Waals surface area contributed by atoms with Gasteiger partial charge in [-0.1, -0.05) is 0 Å². The van der Waals surface area contributed by atoms with Gasteiger partial charge in [0.05, 0.1) is 42.0 Å². The van der Waals surface area contributed by atoms with Crippen LogP contribution in [0, 0.1) is 0 Å². The van der Waals surface area contributed by atoms with Gasteiger partial charge in [0.2, 0.25) is 5.43 Å². The molecule has 2 heterocycles. The summed E-state index contributed by atoms with van der Waals surface area (Å²) in [7, 11) is 3.18. The summed E-state index contributed by atoms with van der Waals surface area (Å²) >= 11 is 0. The molecule has 2 N–H and O–H groups in total. The molecule has 6 nitrogen and oxygen atoms in total. The van der Waals surface area contributed by atoms with Crippen molar-refractivity contribution in [3.8, 4) is 11.5 Å². The second kappa shape index (κ2) is 6.68. The Morgan fingerprint density at radius 2 is 1.78 bits per heavy atom. The summed E-state index contributed by atoms with van der Waals surface area (Å²) in [5, 5.41) is 1.18. The van der Waals surface area contributed by atoms with Crippen molar-refractivity contribution in [3.63, 3.8) is 0 Å². The first kappa shape index (κ1) is 17.5. The number of nitrogen functional groups attached to an aromatic ring is 1. The van der Waals surface area contributed by atoms with Crippen LogP contribution in [0.2, 0.25) is 0 Å². The zero-order valence-electron chi connectivity index (χ0n) is 16.0. The summed E-state index contributed by atoms with van der Waals surface area (Å²) in [5.41, 5.74) is 9.64. The van der Waals surface area contributed by atoms with E-state index in [4.69, 9.17) is 15.2 Å². The fourth-order valence-corrected chi connectivity index (χ4v) is 4.13. The number of hydrogen-bond acceptors (Lipinski definition) is 5. The number of methoxy groups -OCH3 is 2. The van der Waals surface area contributed by atoms with Crippen molar-refractivity contribution in [2.24, 2.45) is 0 Å². The van der Waals surface area contributed by atoms with Gasteiger partial charge in [-0.05, 0) is 31.9 Å². The second-order valence-electron chi connectivity index (χ2n) is 6.92. The van der Waals surface area contributed by atoms with E-state index in [1.807, 2.05) is 12.1 Å². The molecule has 0 radical (unpaired) electrons. The maximum atomic E-state index is 13.3. The van der Waals surface area contributed by atoms with E-state index in [2.05, 4.69) is 22.5 Å². The van der Waals surface area contributed by atoms with Gasteiger partial charge in [-0.2, -0.15) is 0 Å². The molecule has 4 rings (SSSR count). The standard InChI is InChI=1S/C21H25N3O3/c1-4-24-16-12-17(23-7-5-6-8-23)15(22)11-14(16)21(25)20-18(24)9-13(26-2)10-19(20)27-3/h9-12H,4-8,22H2,1-3H3. The predicted octanol–water partition coefficient (Wildman–Crippen LogP) is 3.37. The van der Waals surface area contributed by atoms with E-state index in [9.17, 15) is 4.79 Å². The average molecular weight is 367 g/mol. The average Bonchev–Trinajstić information content (AvgIpc) is 3.22. The van der Waals surface area contributed by atoms with E-state index >= 15 is 0 Å². The normalized spacial score (nSPS) is 14.3. The van der Waals surface area contributed by atoms with Gasteiger partial charge in [0, 0.05) is 37.2 Å². The molecule has 0 atom stereocenters. The molecule has 0 spiro atoms. The minimum absolute atomic E-state index is 0.0659. The van der Waals surface area contributed by atoms with E-state index in [1.165, 1.54) is 12.8 Å². The Hall–Kier alpha value is -2.89. The summed E-state index contributed by atoms with van der Waals surface area (Å²) in [4.78, 5) is 15.6. The number of pyridine rings is 1. The van der Waals surface area contributed by atoms with Crippen LogP contribution in [0.15, 0.2) is 29.1 Å². The fraction of sp³-hybridized carbons (Fsp3) is 0.381. The second-order valence-corrected chi connectivity index (χ2v) is 6.92. The third-order valence-electron chi connectivity index (χ3n) is 5.47.